The molecule has 0 radical (unpaired) electrons. The van der Waals surface area contributed by atoms with E-state index in [0.717, 1.165) is 31.1 Å². The first kappa shape index (κ1) is 38.4. The second-order valence-electron chi connectivity index (χ2n) is 12.9. The topological polar surface area (TPSA) is 139 Å². The molecule has 2 aliphatic carbocycles. The molecule has 11 nitrogen and oxygen atoms in total. The first-order valence-electron chi connectivity index (χ1n) is 15.7. The van der Waals surface area contributed by atoms with Gasteiger partial charge in [0, 0.05) is 38.9 Å². The Bertz CT molecular complexity index is 1120. The third-order valence-electron chi connectivity index (χ3n) is 7.72. The smallest absolute Gasteiger partial charge is 0.407 e. The molecule has 4 amide bonds. The van der Waals surface area contributed by atoms with Gasteiger partial charge in [-0.15, -0.1) is 0 Å². The second-order valence-corrected chi connectivity index (χ2v) is 12.9. The molecule has 0 spiro atoms. The maximum Gasteiger partial charge on any atom is 0.407 e. The molecule has 0 aromatic carbocycles. The summed E-state index contributed by atoms with van der Waals surface area (Å²) in [4.78, 5) is 56.1. The standard InChI is InChI=1S/C14H26N2O3.C11H19NO.C8H10N2O2/c1-11(15-13(18)19-14(2,3)4)9-7-8-10-12(17)16(5)6;1-8-5-9-3-2-4-10(6-9)11(8)12-7-13;1-2-10-5-3-4-7(8(10)12)9-6-11/h8,10-11H,7,9H2,1-6H3,(H,15,18);7-11H,2-6H2,1H3,(H,12,13);3-6H,2H2,1H3,(H,9,11)/b10-8+;;/t11-;;/m1../s1. The number of alkyl carbamates (subject to hydrolysis) is 1. The van der Waals surface area contributed by atoms with Crippen molar-refractivity contribution in [3.05, 3.63) is 40.8 Å². The van der Waals surface area contributed by atoms with Gasteiger partial charge in [0.2, 0.25) is 18.7 Å². The van der Waals surface area contributed by atoms with E-state index in [-0.39, 0.29) is 17.5 Å². The van der Waals surface area contributed by atoms with Gasteiger partial charge < -0.3 is 30.2 Å². The van der Waals surface area contributed by atoms with Gasteiger partial charge in [-0.25, -0.2) is 4.79 Å². The van der Waals surface area contributed by atoms with E-state index in [4.69, 9.17) is 4.74 Å². The number of allylic oxidation sites excluding steroid dienone is 1. The lowest BCUT2D eigenvalue weighted by molar-refractivity contribution is -0.123. The molecule has 2 fully saturated rings. The van der Waals surface area contributed by atoms with Crippen LogP contribution in [0.25, 0.3) is 0 Å². The number of nitrogens with zero attached hydrogens (tertiary/aromatic N) is 2. The van der Waals surface area contributed by atoms with Gasteiger partial charge in [0.05, 0.1) is 0 Å². The van der Waals surface area contributed by atoms with Gasteiger partial charge in [0.25, 0.3) is 5.56 Å². The number of carbonyl (C=O) groups is 4. The van der Waals surface area contributed by atoms with E-state index in [1.54, 1.807) is 38.5 Å². The van der Waals surface area contributed by atoms with Gasteiger partial charge in [-0.2, -0.15) is 0 Å². The van der Waals surface area contributed by atoms with Crippen LogP contribution in [0.2, 0.25) is 0 Å². The zero-order valence-electron chi connectivity index (χ0n) is 27.9. The summed E-state index contributed by atoms with van der Waals surface area (Å²) in [5.41, 5.74) is -0.344. The minimum Gasteiger partial charge on any atom is -0.444 e. The number of rotatable bonds is 10. The zero-order valence-corrected chi connectivity index (χ0v) is 27.9. The van der Waals surface area contributed by atoms with E-state index < -0.39 is 11.7 Å². The van der Waals surface area contributed by atoms with Crippen molar-refractivity contribution in [2.75, 3.05) is 19.4 Å². The van der Waals surface area contributed by atoms with Crippen molar-refractivity contribution in [2.24, 2.45) is 17.8 Å². The number of carbonyl (C=O) groups excluding carboxylic acids is 4. The van der Waals surface area contributed by atoms with Crippen molar-refractivity contribution in [2.45, 2.75) is 111 Å². The Morgan fingerprint density at radius 2 is 1.86 bits per heavy atom. The largest absolute Gasteiger partial charge is 0.444 e. The van der Waals surface area contributed by atoms with Crippen LogP contribution in [0.3, 0.4) is 0 Å². The highest BCUT2D eigenvalue weighted by Gasteiger charge is 2.37. The lowest BCUT2D eigenvalue weighted by Crippen LogP contribution is -2.47. The molecular formula is C33H55N5O6. The number of fused-ring (bicyclic) bond motifs is 2. The van der Waals surface area contributed by atoms with E-state index in [0.29, 0.717) is 30.6 Å². The van der Waals surface area contributed by atoms with E-state index in [1.807, 2.05) is 40.7 Å². The van der Waals surface area contributed by atoms with Gasteiger partial charge in [-0.05, 0) is 103 Å². The lowest BCUT2D eigenvalue weighted by atomic mass is 9.66. The molecule has 4 unspecified atom stereocenters. The number of nitrogens with one attached hydrogen (secondary N) is 3. The van der Waals surface area contributed by atoms with Crippen molar-refractivity contribution < 1.29 is 23.9 Å². The molecule has 0 aliphatic heterocycles. The number of hydrogen-bond acceptors (Lipinski definition) is 6. The predicted molar refractivity (Wildman–Crippen MR) is 174 cm³/mol. The number of amides is 4. The summed E-state index contributed by atoms with van der Waals surface area (Å²) in [5, 5.41) is 8.10. The van der Waals surface area contributed by atoms with Crippen LogP contribution in [0.5, 0.6) is 0 Å². The van der Waals surface area contributed by atoms with Crippen molar-refractivity contribution in [1.29, 1.82) is 0 Å². The average molecular weight is 618 g/mol. The van der Waals surface area contributed by atoms with Crippen LogP contribution in [0, 0.1) is 17.8 Å². The summed E-state index contributed by atoms with van der Waals surface area (Å²) >= 11 is 0. The van der Waals surface area contributed by atoms with Gasteiger partial charge in [-0.1, -0.05) is 25.8 Å². The van der Waals surface area contributed by atoms with E-state index in [9.17, 15) is 24.0 Å². The predicted octanol–water partition coefficient (Wildman–Crippen LogP) is 4.71. The Morgan fingerprint density at radius 3 is 2.45 bits per heavy atom. The molecule has 1 heterocycles. The lowest BCUT2D eigenvalue weighted by Gasteiger charge is -2.43. The summed E-state index contributed by atoms with van der Waals surface area (Å²) in [6.45, 7) is 12.1. The molecule has 11 heteroatoms. The molecule has 5 atom stereocenters. The van der Waals surface area contributed by atoms with Gasteiger partial charge in [-0.3, -0.25) is 19.2 Å². The quantitative estimate of drug-likeness (QED) is 0.257. The number of ether oxygens (including phenoxy) is 1. The Balaban J connectivity index is 0.000000340. The molecule has 2 bridgehead atoms. The molecular weight excluding hydrogens is 562 g/mol. The fraction of sp³-hybridized carbons (Fsp3) is 0.667. The fourth-order valence-corrected chi connectivity index (χ4v) is 5.61. The molecule has 0 saturated heterocycles. The number of aryl methyl sites for hydroxylation is 1. The maximum atomic E-state index is 11.5. The number of aromatic nitrogens is 1. The maximum absolute atomic E-state index is 11.5. The highest BCUT2D eigenvalue weighted by atomic mass is 16.6. The van der Waals surface area contributed by atoms with Crippen molar-refractivity contribution in [1.82, 2.24) is 20.1 Å². The minimum absolute atomic E-state index is 0.00829. The van der Waals surface area contributed by atoms with Crippen LogP contribution in [-0.4, -0.2) is 66.1 Å². The van der Waals surface area contributed by atoms with Crippen molar-refractivity contribution >= 4 is 30.5 Å². The fourth-order valence-electron chi connectivity index (χ4n) is 5.61. The normalized spacial score (nSPS) is 21.3. The highest BCUT2D eigenvalue weighted by Crippen LogP contribution is 2.42. The molecule has 248 valence electrons. The molecule has 1 aromatic heterocycles. The summed E-state index contributed by atoms with van der Waals surface area (Å²) in [7, 11) is 3.42. The Labute approximate surface area is 263 Å². The van der Waals surface area contributed by atoms with Crippen LogP contribution in [0.1, 0.15) is 86.5 Å². The van der Waals surface area contributed by atoms with Crippen LogP contribution in [0.15, 0.2) is 35.3 Å². The molecule has 44 heavy (non-hydrogen) atoms. The van der Waals surface area contributed by atoms with Crippen molar-refractivity contribution in [3.63, 3.8) is 0 Å². The van der Waals surface area contributed by atoms with Gasteiger partial charge in [0.15, 0.2) is 0 Å². The van der Waals surface area contributed by atoms with E-state index in [1.165, 1.54) is 41.6 Å². The summed E-state index contributed by atoms with van der Waals surface area (Å²) in [6, 6.07) is 3.77. The Hall–Kier alpha value is -3.63. The first-order chi connectivity index (χ1) is 20.7. The third kappa shape index (κ3) is 14.7. The number of hydrogen-bond donors (Lipinski definition) is 3. The Morgan fingerprint density at radius 1 is 1.16 bits per heavy atom. The molecule has 3 rings (SSSR count). The van der Waals surface area contributed by atoms with E-state index in [2.05, 4.69) is 22.9 Å². The average Bonchev–Trinajstić information content (AvgIpc) is 2.94. The molecule has 2 saturated carbocycles. The first-order valence-corrected chi connectivity index (χ1v) is 15.7. The minimum atomic E-state index is -0.484. The summed E-state index contributed by atoms with van der Waals surface area (Å²) in [6.07, 6.45) is 14.3. The van der Waals surface area contributed by atoms with Crippen molar-refractivity contribution in [3.8, 4) is 0 Å². The zero-order chi connectivity index (χ0) is 33.3. The SMILES string of the molecule is CC1CC2CCCC(C2)C1NC=O.CCn1cccc(NC=O)c1=O.C[C@H](CC/C=C/C(=O)N(C)C)NC(=O)OC(C)(C)C. The van der Waals surface area contributed by atoms with Crippen LogP contribution in [0.4, 0.5) is 10.5 Å². The number of likely N-dealkylation sites (N-methyl/N-ethyl adjacent to an activating group) is 1. The summed E-state index contributed by atoms with van der Waals surface area (Å²) < 4.78 is 6.68. The Kier molecular flexibility index (Phi) is 17.1. The van der Waals surface area contributed by atoms with Crippen LogP contribution < -0.4 is 21.5 Å². The second kappa shape index (κ2) is 19.6. The third-order valence-corrected chi connectivity index (χ3v) is 7.72. The molecule has 2 aliphatic rings. The number of anilines is 1. The number of pyridine rings is 1. The van der Waals surface area contributed by atoms with Gasteiger partial charge in [0.1, 0.15) is 11.3 Å². The monoisotopic (exact) mass is 617 g/mol. The van der Waals surface area contributed by atoms with Crippen LogP contribution >= 0.6 is 0 Å². The molecule has 3 N–H and O–H groups in total. The molecule has 1 aromatic rings. The highest BCUT2D eigenvalue weighted by molar-refractivity contribution is 5.87. The van der Waals surface area contributed by atoms with E-state index >= 15 is 0 Å². The van der Waals surface area contributed by atoms with Gasteiger partial charge >= 0.3 is 6.09 Å². The summed E-state index contributed by atoms with van der Waals surface area (Å²) in [5.74, 6) is 2.38. The van der Waals surface area contributed by atoms with Crippen LogP contribution in [-0.2, 0) is 25.7 Å².